The van der Waals surface area contributed by atoms with Crippen LogP contribution in [0.1, 0.15) is 94.5 Å². The third-order valence-electron chi connectivity index (χ3n) is 11.4. The van der Waals surface area contributed by atoms with Gasteiger partial charge in [-0.15, -0.1) is 0 Å². The number of aromatic nitrogens is 10. The maximum Gasteiger partial charge on any atom is 0.194 e. The molecule has 0 radical (unpaired) electrons. The summed E-state index contributed by atoms with van der Waals surface area (Å²) < 4.78 is 118. The summed E-state index contributed by atoms with van der Waals surface area (Å²) in [5.41, 5.74) is 4.26. The molecule has 336 valence electrons. The minimum absolute atomic E-state index is 0.322. The Hall–Kier alpha value is -7.50. The molecule has 2 aliphatic rings. The summed E-state index contributed by atoms with van der Waals surface area (Å²) in [5.74, 6) is -7.54. The van der Waals surface area contributed by atoms with Crippen LogP contribution < -0.4 is 0 Å². The van der Waals surface area contributed by atoms with Gasteiger partial charge in [-0.05, 0) is 122 Å². The van der Waals surface area contributed by atoms with Crippen LogP contribution in [0.3, 0.4) is 0 Å². The molecule has 8 aromatic rings. The second-order valence-electron chi connectivity index (χ2n) is 16.0. The van der Waals surface area contributed by atoms with Crippen LogP contribution in [0.15, 0.2) is 85.7 Å². The first-order valence-corrected chi connectivity index (χ1v) is 20.9. The maximum absolute atomic E-state index is 14.6. The molecule has 6 heterocycles. The van der Waals surface area contributed by atoms with Crippen molar-refractivity contribution in [2.75, 3.05) is 0 Å². The molecule has 0 N–H and O–H groups in total. The summed E-state index contributed by atoms with van der Waals surface area (Å²) in [6.07, 6.45) is 16.0. The van der Waals surface area contributed by atoms with Crippen molar-refractivity contribution in [1.29, 1.82) is 0 Å². The first kappa shape index (κ1) is 43.7. The van der Waals surface area contributed by atoms with Gasteiger partial charge in [0.15, 0.2) is 46.6 Å². The molecule has 66 heavy (non-hydrogen) atoms. The molecule has 10 nitrogen and oxygen atoms in total. The molecule has 18 heteroatoms. The fourth-order valence-electron chi connectivity index (χ4n) is 8.18. The van der Waals surface area contributed by atoms with Gasteiger partial charge in [-0.1, -0.05) is 24.3 Å². The molecule has 0 fully saturated rings. The molecule has 0 spiro atoms. The van der Waals surface area contributed by atoms with Crippen molar-refractivity contribution < 1.29 is 35.1 Å². The minimum Gasteiger partial charge on any atom is -0.303 e. The van der Waals surface area contributed by atoms with Crippen molar-refractivity contribution in [2.45, 2.75) is 64.5 Å². The third-order valence-corrected chi connectivity index (χ3v) is 11.4. The molecule has 2 atom stereocenters. The number of nitrogens with zero attached hydrogens (tertiary/aromatic N) is 10. The molecule has 0 amide bonds. The first-order chi connectivity index (χ1) is 31.8. The maximum atomic E-state index is 14.6. The molecular formula is C48H38F8N10. The molecule has 0 saturated heterocycles. The van der Waals surface area contributed by atoms with Crippen LogP contribution in [-0.4, -0.2) is 48.6 Å². The van der Waals surface area contributed by atoms with E-state index in [9.17, 15) is 35.1 Å². The minimum atomic E-state index is -1.49. The fourth-order valence-corrected chi connectivity index (χ4v) is 8.18. The van der Waals surface area contributed by atoms with E-state index in [0.29, 0.717) is 82.9 Å². The quantitative estimate of drug-likeness (QED) is 0.111. The fraction of sp³-hybridized carbons (Fsp3) is 0.208. The number of aryl methyl sites for hydroxylation is 4. The van der Waals surface area contributed by atoms with Gasteiger partial charge in [0.25, 0.3) is 0 Å². The van der Waals surface area contributed by atoms with Gasteiger partial charge in [-0.3, -0.25) is 0 Å². The zero-order chi connectivity index (χ0) is 46.2. The molecule has 0 unspecified atom stereocenters. The Labute approximate surface area is 372 Å². The largest absolute Gasteiger partial charge is 0.303 e. The molecular weight excluding hydrogens is 869 g/mol. The number of rotatable bonds is 8. The molecule has 10 rings (SSSR count). The zero-order valence-electron chi connectivity index (χ0n) is 35.3. The highest BCUT2D eigenvalue weighted by Crippen LogP contribution is 2.35. The number of hydrogen-bond acceptors (Lipinski definition) is 6. The predicted molar refractivity (Wildman–Crippen MR) is 229 cm³/mol. The molecule has 4 aromatic carbocycles. The first-order valence-electron chi connectivity index (χ1n) is 20.9. The van der Waals surface area contributed by atoms with Crippen molar-refractivity contribution >= 4 is 24.3 Å². The van der Waals surface area contributed by atoms with E-state index < -0.39 is 58.4 Å². The summed E-state index contributed by atoms with van der Waals surface area (Å²) in [6, 6.07) is 13.7. The van der Waals surface area contributed by atoms with Crippen LogP contribution in [0, 0.1) is 60.4 Å². The summed E-state index contributed by atoms with van der Waals surface area (Å²) in [4.78, 5) is 17.3. The van der Waals surface area contributed by atoms with Gasteiger partial charge in [0.2, 0.25) is 0 Å². The lowest BCUT2D eigenvalue weighted by Gasteiger charge is -2.22. The SMILES string of the molecule is Cc1cn(-c2ccc(/C=C/c3nc4n(n3)CCC[C@@H]4c3cc(F)c(F)c(F)c3)cc2F)cn1.Cc1cn(-c2ccc(/C=C/c3nc4n(n3)CCC[C@H]4c3cc(F)c(F)c(F)c3)cc2F)cn1. The van der Waals surface area contributed by atoms with E-state index in [1.54, 1.807) is 92.1 Å². The summed E-state index contributed by atoms with van der Waals surface area (Å²) in [5, 5.41) is 8.89. The standard InChI is InChI=1S/2C24H19F4N5/c2*1-14-12-32(13-29-14)21-6-4-15(9-18(21)25)5-7-22-30-24-17(3-2-8-33(24)31-22)16-10-19(26)23(28)20(27)11-16/h2*4-7,9-13,17H,2-3,8H2,1H3/b2*7-5+/t2*17-/m10/s1. The molecule has 0 saturated carbocycles. The number of halogens is 8. The summed E-state index contributed by atoms with van der Waals surface area (Å²) in [6.45, 7) is 4.90. The lowest BCUT2D eigenvalue weighted by molar-refractivity contribution is 0.427. The van der Waals surface area contributed by atoms with E-state index in [2.05, 4.69) is 30.1 Å². The van der Waals surface area contributed by atoms with E-state index >= 15 is 0 Å². The highest BCUT2D eigenvalue weighted by atomic mass is 19.2. The van der Waals surface area contributed by atoms with Crippen LogP contribution in [0.2, 0.25) is 0 Å². The summed E-state index contributed by atoms with van der Waals surface area (Å²) >= 11 is 0. The second-order valence-corrected chi connectivity index (χ2v) is 16.0. The number of hydrogen-bond donors (Lipinski definition) is 0. The zero-order valence-corrected chi connectivity index (χ0v) is 35.3. The number of fused-ring (bicyclic) bond motifs is 2. The van der Waals surface area contributed by atoms with Gasteiger partial charge < -0.3 is 9.13 Å². The summed E-state index contributed by atoms with van der Waals surface area (Å²) in [7, 11) is 0. The second kappa shape index (κ2) is 18.2. The van der Waals surface area contributed by atoms with E-state index in [1.165, 1.54) is 12.1 Å². The highest BCUT2D eigenvalue weighted by molar-refractivity contribution is 5.68. The smallest absolute Gasteiger partial charge is 0.194 e. The van der Waals surface area contributed by atoms with Crippen LogP contribution in [0.4, 0.5) is 35.1 Å². The van der Waals surface area contributed by atoms with Gasteiger partial charge in [0.05, 0.1) is 35.4 Å². The van der Waals surface area contributed by atoms with Crippen molar-refractivity contribution in [3.63, 3.8) is 0 Å². The van der Waals surface area contributed by atoms with Gasteiger partial charge in [0, 0.05) is 37.3 Å². The van der Waals surface area contributed by atoms with Crippen molar-refractivity contribution in [3.8, 4) is 11.4 Å². The van der Waals surface area contributed by atoms with Crippen molar-refractivity contribution in [1.82, 2.24) is 48.6 Å². The Bertz CT molecular complexity index is 2910. The van der Waals surface area contributed by atoms with Gasteiger partial charge in [0.1, 0.15) is 23.3 Å². The van der Waals surface area contributed by atoms with E-state index in [0.717, 1.165) is 48.5 Å². The topological polar surface area (TPSA) is 97.1 Å². The monoisotopic (exact) mass is 906 g/mol. The number of benzene rings is 4. The van der Waals surface area contributed by atoms with Gasteiger partial charge in [-0.25, -0.2) is 64.4 Å². The van der Waals surface area contributed by atoms with Gasteiger partial charge in [-0.2, -0.15) is 10.2 Å². The van der Waals surface area contributed by atoms with Crippen LogP contribution in [0.5, 0.6) is 0 Å². The molecule has 0 bridgehead atoms. The van der Waals surface area contributed by atoms with E-state index in [-0.39, 0.29) is 0 Å². The third kappa shape index (κ3) is 9.07. The average molecular weight is 907 g/mol. The highest BCUT2D eigenvalue weighted by Gasteiger charge is 2.29. The van der Waals surface area contributed by atoms with E-state index in [4.69, 9.17) is 0 Å². The Morgan fingerprint density at radius 3 is 1.24 bits per heavy atom. The van der Waals surface area contributed by atoms with Crippen LogP contribution in [-0.2, 0) is 13.1 Å². The lowest BCUT2D eigenvalue weighted by atomic mass is 9.91. The molecule has 2 aliphatic heterocycles. The van der Waals surface area contributed by atoms with Crippen molar-refractivity contribution in [3.05, 3.63) is 189 Å². The Morgan fingerprint density at radius 2 is 0.894 bits per heavy atom. The molecule has 0 aliphatic carbocycles. The Kier molecular flexibility index (Phi) is 12.0. The number of imidazole rings is 2. The molecule has 4 aromatic heterocycles. The van der Waals surface area contributed by atoms with Crippen LogP contribution in [0.25, 0.3) is 35.7 Å². The van der Waals surface area contributed by atoms with Crippen molar-refractivity contribution in [2.24, 2.45) is 0 Å². The Balaban J connectivity index is 0.000000166. The lowest BCUT2D eigenvalue weighted by Crippen LogP contribution is -2.18. The Morgan fingerprint density at radius 1 is 0.500 bits per heavy atom. The normalized spacial score (nSPS) is 15.8. The average Bonchev–Trinajstić information content (AvgIpc) is 4.12. The van der Waals surface area contributed by atoms with E-state index in [1.807, 2.05) is 13.8 Å². The predicted octanol–water partition coefficient (Wildman–Crippen LogP) is 10.8. The van der Waals surface area contributed by atoms with Gasteiger partial charge >= 0.3 is 0 Å². The van der Waals surface area contributed by atoms with Crippen LogP contribution >= 0.6 is 0 Å².